The van der Waals surface area contributed by atoms with E-state index in [9.17, 15) is 5.11 Å². The van der Waals surface area contributed by atoms with Gasteiger partial charge in [0.1, 0.15) is 0 Å². The third-order valence-electron chi connectivity index (χ3n) is 2.92. The Morgan fingerprint density at radius 1 is 1.11 bits per heavy atom. The number of benzene rings is 1. The van der Waals surface area contributed by atoms with Crippen LogP contribution in [-0.2, 0) is 0 Å². The average Bonchev–Trinajstić information content (AvgIpc) is 2.35. The van der Waals surface area contributed by atoms with Gasteiger partial charge in [0.25, 0.3) is 0 Å². The number of ether oxygens (including phenoxy) is 2. The molecule has 1 N–H and O–H groups in total. The molecular weight excluding hydrogens is 230 g/mol. The van der Waals surface area contributed by atoms with Gasteiger partial charge in [-0.25, -0.2) is 0 Å². The van der Waals surface area contributed by atoms with Crippen LogP contribution in [0.3, 0.4) is 0 Å². The number of aliphatic hydroxyl groups excluding tert-OH is 1. The van der Waals surface area contributed by atoms with Crippen molar-refractivity contribution in [3.63, 3.8) is 0 Å². The summed E-state index contributed by atoms with van der Waals surface area (Å²) in [5.74, 6) is 1.28. The highest BCUT2D eigenvalue weighted by Gasteiger charge is 2.13. The number of hydrogen-bond donors (Lipinski definition) is 1. The zero-order valence-corrected chi connectivity index (χ0v) is 11.0. The Morgan fingerprint density at radius 3 is 2.28 bits per heavy atom. The molecule has 1 atom stereocenters. The molecule has 0 aliphatic rings. The summed E-state index contributed by atoms with van der Waals surface area (Å²) in [7, 11) is 3.18. The van der Waals surface area contributed by atoms with Crippen LogP contribution < -0.4 is 9.47 Å². The zero-order chi connectivity index (χ0) is 13.3. The summed E-state index contributed by atoms with van der Waals surface area (Å²) >= 11 is 0. The molecule has 1 aromatic carbocycles. The first-order valence-corrected chi connectivity index (χ1v) is 5.78. The summed E-state index contributed by atoms with van der Waals surface area (Å²) in [5.41, 5.74) is 2.51. The molecule has 0 amide bonds. The molecule has 0 bridgehead atoms. The van der Waals surface area contributed by atoms with E-state index in [1.54, 1.807) is 21.1 Å². The molecular formula is C14H17NO3. The molecule has 0 saturated heterocycles. The number of rotatable bonds is 3. The fourth-order valence-corrected chi connectivity index (χ4v) is 2.06. The first-order chi connectivity index (χ1) is 8.56. The average molecular weight is 247 g/mol. The van der Waals surface area contributed by atoms with Crippen molar-refractivity contribution in [1.29, 1.82) is 0 Å². The third kappa shape index (κ3) is 2.11. The van der Waals surface area contributed by atoms with E-state index < -0.39 is 6.10 Å². The summed E-state index contributed by atoms with van der Waals surface area (Å²) < 4.78 is 10.5. The minimum atomic E-state index is -0.549. The molecule has 0 saturated carbocycles. The van der Waals surface area contributed by atoms with E-state index >= 15 is 0 Å². The summed E-state index contributed by atoms with van der Waals surface area (Å²) in [6, 6.07) is 5.56. The first kappa shape index (κ1) is 12.6. The molecule has 0 radical (unpaired) electrons. The molecule has 1 unspecified atom stereocenters. The Hall–Kier alpha value is -1.81. The van der Waals surface area contributed by atoms with Gasteiger partial charge in [-0.2, -0.15) is 0 Å². The lowest BCUT2D eigenvalue weighted by Crippen LogP contribution is -1.98. The van der Waals surface area contributed by atoms with Gasteiger partial charge < -0.3 is 14.6 Å². The number of fused-ring (bicyclic) bond motifs is 1. The number of aromatic nitrogens is 1. The van der Waals surface area contributed by atoms with Crippen LogP contribution in [-0.4, -0.2) is 24.3 Å². The number of pyridine rings is 1. The zero-order valence-electron chi connectivity index (χ0n) is 11.0. The predicted octanol–water partition coefficient (Wildman–Crippen LogP) is 2.61. The summed E-state index contributed by atoms with van der Waals surface area (Å²) in [6.45, 7) is 3.65. The largest absolute Gasteiger partial charge is 0.493 e. The number of aliphatic hydroxyl groups is 1. The van der Waals surface area contributed by atoms with Gasteiger partial charge in [0.15, 0.2) is 11.5 Å². The SMILES string of the molecule is COc1cc2nc(C)cc(C(C)O)c2cc1OC. The van der Waals surface area contributed by atoms with Gasteiger partial charge in [0.2, 0.25) is 0 Å². The van der Waals surface area contributed by atoms with Gasteiger partial charge in [0, 0.05) is 17.1 Å². The molecule has 18 heavy (non-hydrogen) atoms. The molecule has 0 fully saturated rings. The summed E-state index contributed by atoms with van der Waals surface area (Å²) in [6.07, 6.45) is -0.549. The molecule has 2 aromatic rings. The lowest BCUT2D eigenvalue weighted by Gasteiger charge is -2.13. The highest BCUT2D eigenvalue weighted by molar-refractivity contribution is 5.86. The van der Waals surface area contributed by atoms with Crippen LogP contribution in [0, 0.1) is 6.92 Å². The van der Waals surface area contributed by atoms with Crippen molar-refractivity contribution in [2.24, 2.45) is 0 Å². The standard InChI is InChI=1S/C14H17NO3/c1-8-5-10(9(2)16)11-6-13(17-3)14(18-4)7-12(11)15-8/h5-7,9,16H,1-4H3. The van der Waals surface area contributed by atoms with Gasteiger partial charge in [-0.05, 0) is 31.5 Å². The van der Waals surface area contributed by atoms with E-state index in [0.717, 1.165) is 22.2 Å². The van der Waals surface area contributed by atoms with Crippen LogP contribution in [0.5, 0.6) is 11.5 Å². The van der Waals surface area contributed by atoms with E-state index in [1.165, 1.54) is 0 Å². The third-order valence-corrected chi connectivity index (χ3v) is 2.92. The lowest BCUT2D eigenvalue weighted by atomic mass is 10.0. The van der Waals surface area contributed by atoms with Crippen LogP contribution in [0.2, 0.25) is 0 Å². The van der Waals surface area contributed by atoms with Gasteiger partial charge in [-0.15, -0.1) is 0 Å². The fraction of sp³-hybridized carbons (Fsp3) is 0.357. The second-order valence-corrected chi connectivity index (χ2v) is 4.25. The molecule has 4 nitrogen and oxygen atoms in total. The molecule has 2 rings (SSSR count). The van der Waals surface area contributed by atoms with Gasteiger partial charge >= 0.3 is 0 Å². The van der Waals surface area contributed by atoms with Crippen molar-refractivity contribution in [1.82, 2.24) is 4.98 Å². The van der Waals surface area contributed by atoms with Crippen LogP contribution in [0.15, 0.2) is 18.2 Å². The Bertz CT molecular complexity index is 579. The van der Waals surface area contributed by atoms with Crippen molar-refractivity contribution in [2.45, 2.75) is 20.0 Å². The number of aryl methyl sites for hydroxylation is 1. The lowest BCUT2D eigenvalue weighted by molar-refractivity contribution is 0.200. The molecule has 0 aliphatic heterocycles. The Morgan fingerprint density at radius 2 is 1.72 bits per heavy atom. The smallest absolute Gasteiger partial charge is 0.162 e. The van der Waals surface area contributed by atoms with Crippen molar-refractivity contribution in [2.75, 3.05) is 14.2 Å². The van der Waals surface area contributed by atoms with E-state index in [4.69, 9.17) is 9.47 Å². The van der Waals surface area contributed by atoms with Crippen molar-refractivity contribution < 1.29 is 14.6 Å². The quantitative estimate of drug-likeness (QED) is 0.905. The molecule has 96 valence electrons. The Labute approximate surface area is 106 Å². The highest BCUT2D eigenvalue weighted by atomic mass is 16.5. The monoisotopic (exact) mass is 247 g/mol. The van der Waals surface area contributed by atoms with Crippen LogP contribution in [0.1, 0.15) is 24.3 Å². The van der Waals surface area contributed by atoms with Crippen LogP contribution >= 0.6 is 0 Å². The van der Waals surface area contributed by atoms with Crippen molar-refractivity contribution in [3.05, 3.63) is 29.5 Å². The highest BCUT2D eigenvalue weighted by Crippen LogP contribution is 2.34. The topological polar surface area (TPSA) is 51.6 Å². The Balaban J connectivity index is 2.79. The van der Waals surface area contributed by atoms with Gasteiger partial charge in [-0.1, -0.05) is 0 Å². The normalized spacial score (nSPS) is 12.5. The maximum Gasteiger partial charge on any atom is 0.162 e. The maximum atomic E-state index is 9.84. The molecule has 0 spiro atoms. The Kier molecular flexibility index (Phi) is 3.39. The molecule has 4 heteroatoms. The van der Waals surface area contributed by atoms with E-state index in [-0.39, 0.29) is 0 Å². The van der Waals surface area contributed by atoms with Gasteiger partial charge in [0.05, 0.1) is 25.8 Å². The minimum Gasteiger partial charge on any atom is -0.493 e. The summed E-state index contributed by atoms with van der Waals surface area (Å²) in [4.78, 5) is 4.46. The summed E-state index contributed by atoms with van der Waals surface area (Å²) in [5, 5.41) is 10.7. The molecule has 1 heterocycles. The van der Waals surface area contributed by atoms with E-state index in [0.29, 0.717) is 11.5 Å². The van der Waals surface area contributed by atoms with Crippen molar-refractivity contribution >= 4 is 10.9 Å². The van der Waals surface area contributed by atoms with E-state index in [2.05, 4.69) is 4.98 Å². The van der Waals surface area contributed by atoms with Crippen molar-refractivity contribution in [3.8, 4) is 11.5 Å². The minimum absolute atomic E-state index is 0.549. The number of methoxy groups -OCH3 is 2. The second-order valence-electron chi connectivity index (χ2n) is 4.25. The number of nitrogens with zero attached hydrogens (tertiary/aromatic N) is 1. The van der Waals surface area contributed by atoms with Crippen LogP contribution in [0.25, 0.3) is 10.9 Å². The van der Waals surface area contributed by atoms with E-state index in [1.807, 2.05) is 25.1 Å². The maximum absolute atomic E-state index is 9.84. The fourth-order valence-electron chi connectivity index (χ4n) is 2.06. The van der Waals surface area contributed by atoms with Crippen LogP contribution in [0.4, 0.5) is 0 Å². The van der Waals surface area contributed by atoms with Gasteiger partial charge in [-0.3, -0.25) is 4.98 Å². The second kappa shape index (κ2) is 4.82. The molecule has 1 aromatic heterocycles. The first-order valence-electron chi connectivity index (χ1n) is 5.78. The number of hydrogen-bond acceptors (Lipinski definition) is 4. The predicted molar refractivity (Wildman–Crippen MR) is 70.2 cm³/mol. The molecule has 0 aliphatic carbocycles.